The maximum Gasteiger partial charge on any atom is 0.228 e. The minimum atomic E-state index is 0.527. The van der Waals surface area contributed by atoms with Gasteiger partial charge in [-0.3, -0.25) is 0 Å². The van der Waals surface area contributed by atoms with Crippen molar-refractivity contribution >= 4 is 38.5 Å². The summed E-state index contributed by atoms with van der Waals surface area (Å²) < 4.78 is 7.37. The Labute approximate surface area is 170 Å². The molecule has 4 aromatic rings. The van der Waals surface area contributed by atoms with Gasteiger partial charge in [-0.15, -0.1) is 0 Å². The van der Waals surface area contributed by atoms with E-state index in [-0.39, 0.29) is 0 Å². The summed E-state index contributed by atoms with van der Waals surface area (Å²) in [7, 11) is 0. The van der Waals surface area contributed by atoms with Gasteiger partial charge in [-0.1, -0.05) is 52.0 Å². The maximum absolute atomic E-state index is 6.34. The van der Waals surface area contributed by atoms with Gasteiger partial charge in [0.2, 0.25) is 5.88 Å². The molecule has 6 heteroatoms. The zero-order valence-electron chi connectivity index (χ0n) is 14.8. The quantitative estimate of drug-likeness (QED) is 0.277. The van der Waals surface area contributed by atoms with Gasteiger partial charge in [-0.25, -0.2) is 15.0 Å². The summed E-state index contributed by atoms with van der Waals surface area (Å²) in [6, 6.07) is 16.0. The number of ether oxygens (including phenoxy) is 1. The lowest BCUT2D eigenvalue weighted by Gasteiger charge is -2.14. The van der Waals surface area contributed by atoms with Crippen molar-refractivity contribution < 1.29 is 4.74 Å². The van der Waals surface area contributed by atoms with Crippen LogP contribution in [0.2, 0.25) is 0 Å². The molecule has 0 amide bonds. The summed E-state index contributed by atoms with van der Waals surface area (Å²) in [5, 5.41) is 2.85. The fraction of sp³-hybridized carbons (Fsp3) is 0.0952. The molecule has 0 aliphatic heterocycles. The second-order valence-electron chi connectivity index (χ2n) is 5.93. The number of fused-ring (bicyclic) bond motifs is 1. The van der Waals surface area contributed by atoms with Gasteiger partial charge in [-0.2, -0.15) is 0 Å². The SMILES string of the molecule is CSc1nccc(-c2cccnc2Oc2c(C)ccc3c(Br)cccc23)n1. The summed E-state index contributed by atoms with van der Waals surface area (Å²) >= 11 is 5.12. The van der Waals surface area contributed by atoms with E-state index in [0.717, 1.165) is 37.8 Å². The maximum atomic E-state index is 6.34. The molecule has 0 fully saturated rings. The molecule has 4 nitrogen and oxygen atoms in total. The Kier molecular flexibility index (Phi) is 5.09. The molecule has 2 aromatic heterocycles. The van der Waals surface area contributed by atoms with Crippen LogP contribution < -0.4 is 4.74 Å². The van der Waals surface area contributed by atoms with Crippen molar-refractivity contribution in [1.29, 1.82) is 0 Å². The Morgan fingerprint density at radius 1 is 0.926 bits per heavy atom. The van der Waals surface area contributed by atoms with Crippen LogP contribution in [0.25, 0.3) is 22.0 Å². The first kappa shape index (κ1) is 17.9. The number of hydrogen-bond acceptors (Lipinski definition) is 5. The Balaban J connectivity index is 1.84. The van der Waals surface area contributed by atoms with E-state index in [1.165, 1.54) is 11.8 Å². The van der Waals surface area contributed by atoms with E-state index < -0.39 is 0 Å². The van der Waals surface area contributed by atoms with Gasteiger partial charge in [0.25, 0.3) is 0 Å². The summed E-state index contributed by atoms with van der Waals surface area (Å²) in [6.45, 7) is 2.04. The number of halogens is 1. The monoisotopic (exact) mass is 437 g/mol. The molecule has 0 radical (unpaired) electrons. The molecular formula is C21H16BrN3OS. The van der Waals surface area contributed by atoms with Crippen LogP contribution >= 0.6 is 27.7 Å². The molecule has 0 bridgehead atoms. The minimum absolute atomic E-state index is 0.527. The third-order valence-electron chi connectivity index (χ3n) is 4.22. The zero-order valence-corrected chi connectivity index (χ0v) is 17.2. The highest BCUT2D eigenvalue weighted by Gasteiger charge is 2.14. The normalized spacial score (nSPS) is 10.9. The summed E-state index contributed by atoms with van der Waals surface area (Å²) in [6.07, 6.45) is 5.44. The molecule has 2 heterocycles. The smallest absolute Gasteiger partial charge is 0.228 e. The van der Waals surface area contributed by atoms with Crippen LogP contribution in [0, 0.1) is 6.92 Å². The van der Waals surface area contributed by atoms with Crippen LogP contribution in [-0.2, 0) is 0 Å². The second-order valence-corrected chi connectivity index (χ2v) is 7.56. The standard InChI is InChI=1S/C21H16BrN3OS/c1-13-8-9-14-15(5-3-7-17(14)22)19(13)26-20-16(6-4-11-23-20)18-10-12-24-21(25-18)27-2/h3-12H,1-2H3. The van der Waals surface area contributed by atoms with E-state index >= 15 is 0 Å². The number of pyridine rings is 1. The first-order valence-electron chi connectivity index (χ1n) is 8.35. The molecule has 0 saturated carbocycles. The van der Waals surface area contributed by atoms with Crippen molar-refractivity contribution in [3.05, 3.63) is 71.0 Å². The van der Waals surface area contributed by atoms with Crippen molar-refractivity contribution in [1.82, 2.24) is 15.0 Å². The van der Waals surface area contributed by atoms with E-state index in [0.29, 0.717) is 11.0 Å². The Hall–Kier alpha value is -2.44. The molecule has 0 aliphatic carbocycles. The van der Waals surface area contributed by atoms with Gasteiger partial charge in [0.05, 0.1) is 11.3 Å². The highest BCUT2D eigenvalue weighted by molar-refractivity contribution is 9.10. The molecule has 0 saturated heterocycles. The third-order valence-corrected chi connectivity index (χ3v) is 5.47. The molecule has 2 aromatic carbocycles. The number of thioether (sulfide) groups is 1. The number of aryl methyl sites for hydroxylation is 1. The number of hydrogen-bond donors (Lipinski definition) is 0. The van der Waals surface area contributed by atoms with Crippen molar-refractivity contribution in [3.8, 4) is 22.9 Å². The second kappa shape index (κ2) is 7.66. The van der Waals surface area contributed by atoms with Crippen LogP contribution in [0.15, 0.2) is 70.6 Å². The predicted octanol–water partition coefficient (Wildman–Crippen LogP) is 6.28. The predicted molar refractivity (Wildman–Crippen MR) is 114 cm³/mol. The average molecular weight is 438 g/mol. The van der Waals surface area contributed by atoms with Crippen LogP contribution in [0.4, 0.5) is 0 Å². The number of aromatic nitrogens is 3. The van der Waals surface area contributed by atoms with E-state index in [9.17, 15) is 0 Å². The molecule has 0 spiro atoms. The highest BCUT2D eigenvalue weighted by atomic mass is 79.9. The fourth-order valence-electron chi connectivity index (χ4n) is 2.89. The minimum Gasteiger partial charge on any atom is -0.437 e. The molecule has 27 heavy (non-hydrogen) atoms. The Morgan fingerprint density at radius 3 is 2.67 bits per heavy atom. The van der Waals surface area contributed by atoms with E-state index in [4.69, 9.17) is 4.74 Å². The Morgan fingerprint density at radius 2 is 1.81 bits per heavy atom. The van der Waals surface area contributed by atoms with E-state index in [2.05, 4.69) is 49.1 Å². The molecule has 0 N–H and O–H groups in total. The first-order chi connectivity index (χ1) is 13.2. The topological polar surface area (TPSA) is 47.9 Å². The average Bonchev–Trinajstić information content (AvgIpc) is 2.71. The van der Waals surface area contributed by atoms with Gasteiger partial charge in [-0.05, 0) is 48.4 Å². The zero-order chi connectivity index (χ0) is 18.8. The fourth-order valence-corrected chi connectivity index (χ4v) is 3.74. The largest absolute Gasteiger partial charge is 0.437 e. The molecule has 0 aliphatic rings. The van der Waals surface area contributed by atoms with Gasteiger partial charge in [0.1, 0.15) is 5.75 Å². The summed E-state index contributed by atoms with van der Waals surface area (Å²) in [4.78, 5) is 13.3. The van der Waals surface area contributed by atoms with Crippen molar-refractivity contribution in [3.63, 3.8) is 0 Å². The first-order valence-corrected chi connectivity index (χ1v) is 10.4. The summed E-state index contributed by atoms with van der Waals surface area (Å²) in [5.41, 5.74) is 2.67. The third kappa shape index (κ3) is 3.55. The highest BCUT2D eigenvalue weighted by Crippen LogP contribution is 2.38. The molecule has 0 unspecified atom stereocenters. The lowest BCUT2D eigenvalue weighted by Crippen LogP contribution is -1.96. The van der Waals surface area contributed by atoms with Gasteiger partial charge in [0, 0.05) is 22.3 Å². The number of nitrogens with zero attached hydrogens (tertiary/aromatic N) is 3. The van der Waals surface area contributed by atoms with Crippen LogP contribution in [0.3, 0.4) is 0 Å². The lowest BCUT2D eigenvalue weighted by molar-refractivity contribution is 0.466. The van der Waals surface area contributed by atoms with Gasteiger partial charge >= 0.3 is 0 Å². The van der Waals surface area contributed by atoms with Crippen LogP contribution in [0.5, 0.6) is 11.6 Å². The number of benzene rings is 2. The van der Waals surface area contributed by atoms with Gasteiger partial charge < -0.3 is 4.74 Å². The molecule has 0 atom stereocenters. The molecular weight excluding hydrogens is 422 g/mol. The van der Waals surface area contributed by atoms with Crippen molar-refractivity contribution in [2.24, 2.45) is 0 Å². The van der Waals surface area contributed by atoms with Crippen LogP contribution in [0.1, 0.15) is 5.56 Å². The van der Waals surface area contributed by atoms with Crippen molar-refractivity contribution in [2.45, 2.75) is 12.1 Å². The van der Waals surface area contributed by atoms with Crippen LogP contribution in [-0.4, -0.2) is 21.2 Å². The Bertz CT molecular complexity index is 1130. The molecule has 134 valence electrons. The number of rotatable bonds is 4. The van der Waals surface area contributed by atoms with Crippen molar-refractivity contribution in [2.75, 3.05) is 6.26 Å². The molecule has 4 rings (SSSR count). The lowest BCUT2D eigenvalue weighted by atomic mass is 10.1. The summed E-state index contributed by atoms with van der Waals surface area (Å²) in [5.74, 6) is 1.33. The van der Waals surface area contributed by atoms with Gasteiger partial charge in [0.15, 0.2) is 5.16 Å². The van der Waals surface area contributed by atoms with E-state index in [1.807, 2.05) is 43.5 Å². The van der Waals surface area contributed by atoms with E-state index in [1.54, 1.807) is 12.4 Å².